The Morgan fingerprint density at radius 3 is 2.62 bits per heavy atom. The highest BCUT2D eigenvalue weighted by atomic mass is 35.5. The van der Waals surface area contributed by atoms with Crippen molar-refractivity contribution in [3.8, 4) is 22.8 Å². The Kier molecular flexibility index (Phi) is 6.48. The van der Waals surface area contributed by atoms with E-state index in [1.54, 1.807) is 42.5 Å². The van der Waals surface area contributed by atoms with Gasteiger partial charge in [-0.1, -0.05) is 59.3 Å². The Balaban J connectivity index is 1.66. The fourth-order valence-corrected chi connectivity index (χ4v) is 4.30. The standard InChI is InChI=1S/C24H21ClN4O2S/c1-15-10-11-20(16(2)12-15)29-23(19-8-3-4-9-21(19)30)27-28-24(29)32-14-22(31)26-18-7-5-6-17(25)13-18/h3-13,30H,14H2,1-2H3,(H,26,31). The van der Waals surface area contributed by atoms with Crippen LogP contribution in [0.1, 0.15) is 11.1 Å². The molecule has 0 aliphatic carbocycles. The maximum absolute atomic E-state index is 12.5. The molecule has 6 nitrogen and oxygen atoms in total. The third-order valence-electron chi connectivity index (χ3n) is 4.81. The van der Waals surface area contributed by atoms with E-state index < -0.39 is 0 Å². The van der Waals surface area contributed by atoms with E-state index >= 15 is 0 Å². The summed E-state index contributed by atoms with van der Waals surface area (Å²) in [6, 6.07) is 20.1. The van der Waals surface area contributed by atoms with Gasteiger partial charge in [-0.25, -0.2) is 0 Å². The van der Waals surface area contributed by atoms with Gasteiger partial charge in [-0.2, -0.15) is 0 Å². The topological polar surface area (TPSA) is 80.0 Å². The number of rotatable bonds is 6. The number of halogens is 1. The number of anilines is 1. The second-order valence-electron chi connectivity index (χ2n) is 7.30. The highest BCUT2D eigenvalue weighted by Gasteiger charge is 2.20. The molecule has 0 saturated heterocycles. The molecule has 0 atom stereocenters. The first-order valence-electron chi connectivity index (χ1n) is 9.92. The van der Waals surface area contributed by atoms with Crippen LogP contribution < -0.4 is 5.32 Å². The van der Waals surface area contributed by atoms with Gasteiger partial charge in [0.2, 0.25) is 5.91 Å². The summed E-state index contributed by atoms with van der Waals surface area (Å²) in [5.74, 6) is 0.571. The number of carbonyl (C=O) groups excluding carboxylic acids is 1. The molecule has 0 unspecified atom stereocenters. The van der Waals surface area contributed by atoms with Crippen LogP contribution in [0.3, 0.4) is 0 Å². The van der Waals surface area contributed by atoms with Gasteiger partial charge in [-0.3, -0.25) is 9.36 Å². The smallest absolute Gasteiger partial charge is 0.234 e. The third kappa shape index (κ3) is 4.79. The van der Waals surface area contributed by atoms with Crippen LogP contribution in [0, 0.1) is 13.8 Å². The number of phenols is 1. The molecule has 0 fully saturated rings. The molecule has 3 aromatic carbocycles. The zero-order valence-corrected chi connectivity index (χ0v) is 19.1. The maximum atomic E-state index is 12.5. The van der Waals surface area contributed by atoms with Crippen molar-refractivity contribution < 1.29 is 9.90 Å². The number of nitrogens with zero attached hydrogens (tertiary/aromatic N) is 3. The van der Waals surface area contributed by atoms with Crippen molar-refractivity contribution in [3.63, 3.8) is 0 Å². The quantitative estimate of drug-likeness (QED) is 0.361. The molecule has 0 spiro atoms. The zero-order valence-electron chi connectivity index (χ0n) is 17.5. The summed E-state index contributed by atoms with van der Waals surface area (Å²) in [6.45, 7) is 4.04. The van der Waals surface area contributed by atoms with Gasteiger partial charge in [0.05, 0.1) is 17.0 Å². The van der Waals surface area contributed by atoms with E-state index in [4.69, 9.17) is 11.6 Å². The molecule has 4 aromatic rings. The van der Waals surface area contributed by atoms with Crippen molar-refractivity contribution in [1.82, 2.24) is 14.8 Å². The number of amides is 1. The molecule has 1 heterocycles. The van der Waals surface area contributed by atoms with E-state index in [0.29, 0.717) is 27.3 Å². The van der Waals surface area contributed by atoms with Crippen LogP contribution in [-0.4, -0.2) is 31.5 Å². The van der Waals surface area contributed by atoms with Gasteiger partial charge in [0.1, 0.15) is 5.75 Å². The van der Waals surface area contributed by atoms with E-state index in [2.05, 4.69) is 21.6 Å². The Morgan fingerprint density at radius 1 is 1.06 bits per heavy atom. The predicted octanol–water partition coefficient (Wildman–Crippen LogP) is 5.64. The molecule has 2 N–H and O–H groups in total. The van der Waals surface area contributed by atoms with Crippen molar-refractivity contribution >= 4 is 35.0 Å². The molecule has 1 amide bonds. The van der Waals surface area contributed by atoms with Gasteiger partial charge < -0.3 is 10.4 Å². The summed E-state index contributed by atoms with van der Waals surface area (Å²) < 4.78 is 1.88. The third-order valence-corrected chi connectivity index (χ3v) is 5.98. The molecule has 1 aromatic heterocycles. The lowest BCUT2D eigenvalue weighted by Crippen LogP contribution is -2.14. The minimum atomic E-state index is -0.184. The van der Waals surface area contributed by atoms with Crippen LogP contribution >= 0.6 is 23.4 Å². The van der Waals surface area contributed by atoms with E-state index in [1.165, 1.54) is 11.8 Å². The summed E-state index contributed by atoms with van der Waals surface area (Å²) >= 11 is 7.26. The summed E-state index contributed by atoms with van der Waals surface area (Å²) in [5, 5.41) is 23.0. The average Bonchev–Trinajstić information content (AvgIpc) is 3.16. The molecule has 0 bridgehead atoms. The number of aromatic hydroxyl groups is 1. The highest BCUT2D eigenvalue weighted by Crippen LogP contribution is 2.33. The number of phenolic OH excluding ortho intramolecular Hbond substituents is 1. The Morgan fingerprint density at radius 2 is 1.88 bits per heavy atom. The number of aryl methyl sites for hydroxylation is 2. The summed E-state index contributed by atoms with van der Waals surface area (Å²) in [6.07, 6.45) is 0. The Bertz CT molecular complexity index is 1290. The Hall–Kier alpha value is -3.29. The Labute approximate surface area is 195 Å². The summed E-state index contributed by atoms with van der Waals surface area (Å²) in [4.78, 5) is 12.5. The van der Waals surface area contributed by atoms with Crippen molar-refractivity contribution in [2.24, 2.45) is 0 Å². The van der Waals surface area contributed by atoms with Crippen LogP contribution in [-0.2, 0) is 4.79 Å². The number of hydrogen-bond donors (Lipinski definition) is 2. The van der Waals surface area contributed by atoms with Crippen LogP contribution in [0.15, 0.2) is 71.9 Å². The molecule has 32 heavy (non-hydrogen) atoms. The number of carbonyl (C=O) groups is 1. The average molecular weight is 465 g/mol. The monoisotopic (exact) mass is 464 g/mol. The second-order valence-corrected chi connectivity index (χ2v) is 8.67. The van der Waals surface area contributed by atoms with E-state index in [1.807, 2.05) is 36.6 Å². The molecule has 4 rings (SSSR count). The van der Waals surface area contributed by atoms with E-state index in [0.717, 1.165) is 16.8 Å². The highest BCUT2D eigenvalue weighted by molar-refractivity contribution is 7.99. The molecule has 8 heteroatoms. The number of nitrogens with one attached hydrogen (secondary N) is 1. The lowest BCUT2D eigenvalue weighted by atomic mass is 10.1. The molecule has 0 aliphatic rings. The summed E-state index contributed by atoms with van der Waals surface area (Å²) in [7, 11) is 0. The first-order valence-corrected chi connectivity index (χ1v) is 11.3. The molecule has 162 valence electrons. The van der Waals surface area contributed by atoms with Crippen LogP contribution in [0.2, 0.25) is 5.02 Å². The number of hydrogen-bond acceptors (Lipinski definition) is 5. The normalized spacial score (nSPS) is 10.8. The van der Waals surface area contributed by atoms with Crippen molar-refractivity contribution in [2.45, 2.75) is 19.0 Å². The minimum Gasteiger partial charge on any atom is -0.507 e. The van der Waals surface area contributed by atoms with Gasteiger partial charge in [-0.05, 0) is 55.8 Å². The fourth-order valence-electron chi connectivity index (χ4n) is 3.37. The first-order chi connectivity index (χ1) is 15.4. The van der Waals surface area contributed by atoms with Crippen molar-refractivity contribution in [1.29, 1.82) is 0 Å². The predicted molar refractivity (Wildman–Crippen MR) is 129 cm³/mol. The number of para-hydroxylation sites is 1. The van der Waals surface area contributed by atoms with Crippen LogP contribution in [0.5, 0.6) is 5.75 Å². The van der Waals surface area contributed by atoms with Gasteiger partial charge in [-0.15, -0.1) is 10.2 Å². The van der Waals surface area contributed by atoms with E-state index in [9.17, 15) is 9.90 Å². The molecular formula is C24H21ClN4O2S. The number of aromatic nitrogens is 3. The van der Waals surface area contributed by atoms with Gasteiger partial charge in [0.15, 0.2) is 11.0 Å². The molecule has 0 saturated carbocycles. The largest absolute Gasteiger partial charge is 0.507 e. The van der Waals surface area contributed by atoms with Crippen LogP contribution in [0.4, 0.5) is 5.69 Å². The van der Waals surface area contributed by atoms with Gasteiger partial charge in [0.25, 0.3) is 0 Å². The van der Waals surface area contributed by atoms with Gasteiger partial charge >= 0.3 is 0 Å². The van der Waals surface area contributed by atoms with Crippen molar-refractivity contribution in [3.05, 3.63) is 82.9 Å². The van der Waals surface area contributed by atoms with E-state index in [-0.39, 0.29) is 17.4 Å². The fraction of sp³-hybridized carbons (Fsp3) is 0.125. The molecule has 0 aliphatic heterocycles. The van der Waals surface area contributed by atoms with Crippen molar-refractivity contribution in [2.75, 3.05) is 11.1 Å². The number of thioether (sulfide) groups is 1. The minimum absolute atomic E-state index is 0.112. The second kappa shape index (κ2) is 9.46. The first kappa shape index (κ1) is 21.9. The zero-order chi connectivity index (χ0) is 22.7. The maximum Gasteiger partial charge on any atom is 0.234 e. The summed E-state index contributed by atoms with van der Waals surface area (Å²) in [5.41, 5.74) is 4.26. The van der Waals surface area contributed by atoms with Gasteiger partial charge in [0, 0.05) is 10.7 Å². The SMILES string of the molecule is Cc1ccc(-n2c(SCC(=O)Nc3cccc(Cl)c3)nnc2-c2ccccc2O)c(C)c1. The van der Waals surface area contributed by atoms with Crippen LogP contribution in [0.25, 0.3) is 17.1 Å². The number of benzene rings is 3. The lowest BCUT2D eigenvalue weighted by molar-refractivity contribution is -0.113. The molecular weight excluding hydrogens is 444 g/mol. The lowest BCUT2D eigenvalue weighted by Gasteiger charge is -2.14. The molecule has 0 radical (unpaired) electrons.